The molecule has 0 bridgehead atoms. The number of H-pyrrole nitrogens is 3. The fraction of sp³-hybridized carbons (Fsp3) is 0. The molecule has 7 aromatic rings. The molecule has 0 unspecified atom stereocenters. The average Bonchev–Trinajstić information content (AvgIpc) is 2.72. The Morgan fingerprint density at radius 2 is 0.793 bits per heavy atom. The lowest BCUT2D eigenvalue weighted by molar-refractivity contribution is 1.15. The minimum atomic E-state index is -0.367. The number of aromatic nitrogens is 3. The fourth-order valence-electron chi connectivity index (χ4n) is 4.99. The van der Waals surface area contributed by atoms with Gasteiger partial charge in [0.25, 0.3) is 11.1 Å². The zero-order valence-corrected chi connectivity index (χ0v) is 14.8. The van der Waals surface area contributed by atoms with Crippen LogP contribution in [0.2, 0.25) is 0 Å². The summed E-state index contributed by atoms with van der Waals surface area (Å²) in [6.45, 7) is 0. The minimum absolute atomic E-state index is 0.250. The molecule has 6 nitrogen and oxygen atoms in total. The maximum atomic E-state index is 12.4. The second-order valence-corrected chi connectivity index (χ2v) is 7.51. The number of hydrogen-bond acceptors (Lipinski definition) is 3. The lowest BCUT2D eigenvalue weighted by Gasteiger charge is -2.17. The van der Waals surface area contributed by atoms with Crippen LogP contribution in [-0.2, 0) is 0 Å². The van der Waals surface area contributed by atoms with E-state index >= 15 is 0 Å². The fourth-order valence-corrected chi connectivity index (χ4v) is 4.99. The molecular formula is C23H11N3O3. The zero-order valence-electron chi connectivity index (χ0n) is 14.8. The molecule has 5 aromatic carbocycles. The second-order valence-electron chi connectivity index (χ2n) is 7.51. The highest BCUT2D eigenvalue weighted by Gasteiger charge is 2.19. The molecular weight excluding hydrogens is 366 g/mol. The van der Waals surface area contributed by atoms with Crippen LogP contribution in [0.4, 0.5) is 0 Å². The first-order valence-corrected chi connectivity index (χ1v) is 9.26. The van der Waals surface area contributed by atoms with Crippen LogP contribution < -0.4 is 16.8 Å². The number of benzene rings is 5. The smallest absolute Gasteiger partial charge is 0.307 e. The van der Waals surface area contributed by atoms with Gasteiger partial charge >= 0.3 is 5.69 Å². The van der Waals surface area contributed by atoms with Crippen molar-refractivity contribution < 1.29 is 0 Å². The van der Waals surface area contributed by atoms with Crippen molar-refractivity contribution >= 4 is 64.9 Å². The van der Waals surface area contributed by atoms with Gasteiger partial charge in [-0.15, -0.1) is 0 Å². The minimum Gasteiger partial charge on any atom is -0.307 e. The summed E-state index contributed by atoms with van der Waals surface area (Å²) >= 11 is 0. The van der Waals surface area contributed by atoms with Crippen molar-refractivity contribution in [2.45, 2.75) is 0 Å². The maximum absolute atomic E-state index is 12.4. The molecule has 0 aliphatic rings. The lowest BCUT2D eigenvalue weighted by Crippen LogP contribution is -2.19. The van der Waals surface area contributed by atoms with Crippen molar-refractivity contribution in [3.05, 3.63) is 79.7 Å². The van der Waals surface area contributed by atoms with Crippen molar-refractivity contribution in [2.24, 2.45) is 0 Å². The largest absolute Gasteiger partial charge is 0.323 e. The molecule has 0 fully saturated rings. The molecule has 0 radical (unpaired) electrons. The number of hydrogen-bond donors (Lipinski definition) is 3. The topological polar surface area (TPSA) is 98.6 Å². The highest BCUT2D eigenvalue weighted by atomic mass is 16.2. The van der Waals surface area contributed by atoms with Crippen LogP contribution in [0.5, 0.6) is 0 Å². The highest BCUT2D eigenvalue weighted by Crippen LogP contribution is 2.43. The van der Waals surface area contributed by atoms with Gasteiger partial charge in [0, 0.05) is 26.9 Å². The van der Waals surface area contributed by atoms with E-state index in [1.54, 1.807) is 12.1 Å². The normalized spacial score (nSPS) is 12.6. The third-order valence-corrected chi connectivity index (χ3v) is 6.11. The number of fused-ring (bicyclic) bond motifs is 2. The van der Waals surface area contributed by atoms with E-state index in [2.05, 4.69) is 15.0 Å². The molecule has 6 heteroatoms. The molecule has 0 amide bonds. The first kappa shape index (κ1) is 14.8. The van der Waals surface area contributed by atoms with Crippen molar-refractivity contribution in [1.29, 1.82) is 0 Å². The van der Waals surface area contributed by atoms with Gasteiger partial charge in [0.15, 0.2) is 0 Å². The first-order chi connectivity index (χ1) is 14.1. The van der Waals surface area contributed by atoms with E-state index in [4.69, 9.17) is 0 Å². The van der Waals surface area contributed by atoms with E-state index in [-0.39, 0.29) is 16.8 Å². The van der Waals surface area contributed by atoms with Crippen LogP contribution in [0.3, 0.4) is 0 Å². The molecule has 7 rings (SSSR count). The van der Waals surface area contributed by atoms with Gasteiger partial charge in [-0.1, -0.05) is 24.3 Å². The molecule has 29 heavy (non-hydrogen) atoms. The number of nitrogens with one attached hydrogen (secondary N) is 3. The van der Waals surface area contributed by atoms with E-state index in [1.807, 2.05) is 36.4 Å². The van der Waals surface area contributed by atoms with E-state index in [0.717, 1.165) is 48.7 Å². The van der Waals surface area contributed by atoms with Crippen LogP contribution >= 0.6 is 0 Å². The van der Waals surface area contributed by atoms with E-state index < -0.39 is 0 Å². The van der Waals surface area contributed by atoms with Gasteiger partial charge < -0.3 is 9.97 Å². The van der Waals surface area contributed by atoms with Crippen LogP contribution in [0.25, 0.3) is 64.9 Å². The van der Waals surface area contributed by atoms with Gasteiger partial charge in [-0.2, -0.15) is 0 Å². The van der Waals surface area contributed by atoms with Crippen LogP contribution in [-0.4, -0.2) is 15.0 Å². The summed E-state index contributed by atoms with van der Waals surface area (Å²) in [5, 5.41) is 8.69. The third kappa shape index (κ3) is 1.61. The summed E-state index contributed by atoms with van der Waals surface area (Å²) in [5.74, 6) is 0. The molecule has 0 atom stereocenters. The van der Waals surface area contributed by atoms with Gasteiger partial charge in [-0.3, -0.25) is 14.6 Å². The summed E-state index contributed by atoms with van der Waals surface area (Å²) in [6.07, 6.45) is 0. The number of pyridine rings is 1. The Kier molecular flexibility index (Phi) is 2.36. The predicted molar refractivity (Wildman–Crippen MR) is 116 cm³/mol. The number of aromatic amines is 3. The van der Waals surface area contributed by atoms with Gasteiger partial charge in [0.2, 0.25) is 0 Å². The summed E-state index contributed by atoms with van der Waals surface area (Å²) in [6, 6.07) is 15.3. The first-order valence-electron chi connectivity index (χ1n) is 9.26. The quantitative estimate of drug-likeness (QED) is 0.278. The van der Waals surface area contributed by atoms with Crippen molar-refractivity contribution in [2.75, 3.05) is 0 Å². The Bertz CT molecular complexity index is 1840. The Labute approximate surface area is 160 Å². The second kappa shape index (κ2) is 4.62. The number of rotatable bonds is 0. The predicted octanol–water partition coefficient (Wildman–Crippen LogP) is 3.55. The van der Waals surface area contributed by atoms with Crippen molar-refractivity contribution in [3.63, 3.8) is 0 Å². The maximum Gasteiger partial charge on any atom is 0.323 e. The monoisotopic (exact) mass is 377 g/mol. The van der Waals surface area contributed by atoms with Gasteiger partial charge in [-0.25, -0.2) is 4.79 Å². The van der Waals surface area contributed by atoms with Crippen LogP contribution in [0.15, 0.2) is 62.9 Å². The van der Waals surface area contributed by atoms with Gasteiger partial charge in [0.1, 0.15) is 0 Å². The molecule has 0 saturated heterocycles. The molecule has 3 N–H and O–H groups in total. The third-order valence-electron chi connectivity index (χ3n) is 6.11. The Hall–Kier alpha value is -4.19. The van der Waals surface area contributed by atoms with E-state index in [0.29, 0.717) is 16.2 Å². The van der Waals surface area contributed by atoms with Gasteiger partial charge in [-0.05, 0) is 51.2 Å². The molecule has 0 aliphatic carbocycles. The molecule has 2 aromatic heterocycles. The molecule has 0 aliphatic heterocycles. The molecule has 0 saturated carbocycles. The standard InChI is InChI=1S/C23H11N3O3/c27-21-13-3-1-9-11-5-7-15-20-16(25-23(29)24-15)8-6-12(18(11)20)10-2-4-14(22(28)26-21)19(13)17(9)10/h1-8H,(H2,24,25,29)(H,26,27,28). The average molecular weight is 377 g/mol. The van der Waals surface area contributed by atoms with Gasteiger partial charge in [0.05, 0.1) is 11.0 Å². The lowest BCUT2D eigenvalue weighted by atomic mass is 9.87. The summed E-state index contributed by atoms with van der Waals surface area (Å²) in [7, 11) is 0. The molecule has 2 heterocycles. The summed E-state index contributed by atoms with van der Waals surface area (Å²) in [4.78, 5) is 45.0. The summed E-state index contributed by atoms with van der Waals surface area (Å²) in [5.41, 5.74) is 0.559. The Morgan fingerprint density at radius 1 is 0.414 bits per heavy atom. The zero-order chi connectivity index (χ0) is 19.4. The van der Waals surface area contributed by atoms with E-state index in [9.17, 15) is 14.4 Å². The summed E-state index contributed by atoms with van der Waals surface area (Å²) < 4.78 is 0. The SMILES string of the molecule is O=c1[nH]c2ccc3c4ccc5c(=O)[nH]c(=O)c6ccc(c7ccc([nH]1)c2c37)c4c56. The molecule has 0 spiro atoms. The van der Waals surface area contributed by atoms with Crippen molar-refractivity contribution in [3.8, 4) is 0 Å². The van der Waals surface area contributed by atoms with Crippen molar-refractivity contribution in [1.82, 2.24) is 15.0 Å². The van der Waals surface area contributed by atoms with Crippen LogP contribution in [0.1, 0.15) is 0 Å². The highest BCUT2D eigenvalue weighted by molar-refractivity contribution is 6.38. The van der Waals surface area contributed by atoms with Crippen LogP contribution in [0, 0.1) is 0 Å². The Morgan fingerprint density at radius 3 is 1.31 bits per heavy atom. The molecule has 136 valence electrons. The Balaban J connectivity index is 1.93. The van der Waals surface area contributed by atoms with E-state index in [1.165, 1.54) is 0 Å².